The molecule has 0 aliphatic carbocycles. The number of terminal acetylenes is 1. The summed E-state index contributed by atoms with van der Waals surface area (Å²) in [6.45, 7) is 0.321. The van der Waals surface area contributed by atoms with Gasteiger partial charge in [-0.25, -0.2) is 9.97 Å². The minimum absolute atomic E-state index is 0.242. The molecular formula is C11H6Cl3N3. The molecule has 0 fully saturated rings. The van der Waals surface area contributed by atoms with Crippen LogP contribution in [0.5, 0.6) is 0 Å². The molecule has 0 unspecified atom stereocenters. The number of hydrogen-bond donors (Lipinski definition) is 1. The van der Waals surface area contributed by atoms with E-state index in [0.717, 1.165) is 0 Å². The molecular weight excluding hydrogens is 281 g/mol. The van der Waals surface area contributed by atoms with Gasteiger partial charge in [0.2, 0.25) is 0 Å². The Morgan fingerprint density at radius 3 is 2.29 bits per heavy atom. The van der Waals surface area contributed by atoms with Crippen LogP contribution in [0.4, 0.5) is 5.82 Å². The van der Waals surface area contributed by atoms with Gasteiger partial charge in [-0.3, -0.25) is 0 Å². The number of benzene rings is 1. The van der Waals surface area contributed by atoms with Crippen molar-refractivity contribution in [2.45, 2.75) is 0 Å². The Kier molecular flexibility index (Phi) is 3.58. The molecule has 1 aromatic heterocycles. The van der Waals surface area contributed by atoms with Gasteiger partial charge in [-0.15, -0.1) is 6.42 Å². The maximum atomic E-state index is 5.95. The van der Waals surface area contributed by atoms with Crippen LogP contribution in [0.25, 0.3) is 11.0 Å². The van der Waals surface area contributed by atoms with Crippen LogP contribution in [0.1, 0.15) is 0 Å². The second-order valence-corrected chi connectivity index (χ2v) is 4.35. The number of anilines is 1. The molecule has 86 valence electrons. The fraction of sp³-hybridized carbons (Fsp3) is 0.0909. The normalized spacial score (nSPS) is 10.2. The number of nitrogens with one attached hydrogen (secondary N) is 1. The third-order valence-corrected chi connectivity index (χ3v) is 3.01. The number of rotatable bonds is 2. The fourth-order valence-corrected chi connectivity index (χ4v) is 1.79. The molecule has 3 nitrogen and oxygen atoms in total. The van der Waals surface area contributed by atoms with E-state index >= 15 is 0 Å². The lowest BCUT2D eigenvalue weighted by molar-refractivity contribution is 1.23. The van der Waals surface area contributed by atoms with Gasteiger partial charge in [-0.2, -0.15) is 0 Å². The molecule has 17 heavy (non-hydrogen) atoms. The standard InChI is InChI=1S/C11H6Cl3N3/c1-2-3-15-11-10(14)16-8-4-6(12)7(13)5-9(8)17-11/h1,4-5H,3H2,(H,15,17). The summed E-state index contributed by atoms with van der Waals surface area (Å²) >= 11 is 17.7. The summed E-state index contributed by atoms with van der Waals surface area (Å²) in [5.74, 6) is 2.85. The van der Waals surface area contributed by atoms with Crippen LogP contribution in [0.3, 0.4) is 0 Å². The summed E-state index contributed by atoms with van der Waals surface area (Å²) < 4.78 is 0. The monoisotopic (exact) mass is 285 g/mol. The zero-order valence-electron chi connectivity index (χ0n) is 8.47. The maximum Gasteiger partial charge on any atom is 0.172 e. The van der Waals surface area contributed by atoms with Crippen molar-refractivity contribution in [1.29, 1.82) is 0 Å². The van der Waals surface area contributed by atoms with Gasteiger partial charge in [0.25, 0.3) is 0 Å². The highest BCUT2D eigenvalue weighted by Crippen LogP contribution is 2.28. The number of aromatic nitrogens is 2. The van der Waals surface area contributed by atoms with E-state index in [9.17, 15) is 0 Å². The molecule has 1 heterocycles. The molecule has 2 rings (SSSR count). The molecule has 0 amide bonds. The smallest absolute Gasteiger partial charge is 0.172 e. The SMILES string of the molecule is C#CCNc1nc2cc(Cl)c(Cl)cc2nc1Cl. The van der Waals surface area contributed by atoms with Crippen molar-refractivity contribution in [2.75, 3.05) is 11.9 Å². The highest BCUT2D eigenvalue weighted by Gasteiger charge is 2.08. The van der Waals surface area contributed by atoms with Gasteiger partial charge in [0.15, 0.2) is 11.0 Å². The third kappa shape index (κ3) is 2.55. The van der Waals surface area contributed by atoms with E-state index in [1.54, 1.807) is 12.1 Å². The summed E-state index contributed by atoms with van der Waals surface area (Å²) in [6.07, 6.45) is 5.14. The van der Waals surface area contributed by atoms with Crippen LogP contribution in [-0.4, -0.2) is 16.5 Å². The van der Waals surface area contributed by atoms with Crippen LogP contribution >= 0.6 is 34.8 Å². The quantitative estimate of drug-likeness (QED) is 0.857. The first-order chi connectivity index (χ1) is 8.11. The number of hydrogen-bond acceptors (Lipinski definition) is 3. The van der Waals surface area contributed by atoms with Gasteiger partial charge >= 0.3 is 0 Å². The summed E-state index contributed by atoms with van der Waals surface area (Å²) in [6, 6.07) is 3.24. The largest absolute Gasteiger partial charge is 0.357 e. The van der Waals surface area contributed by atoms with E-state index in [4.69, 9.17) is 41.2 Å². The van der Waals surface area contributed by atoms with Crippen LogP contribution in [0.2, 0.25) is 15.2 Å². The minimum atomic E-state index is 0.242. The topological polar surface area (TPSA) is 37.8 Å². The van der Waals surface area contributed by atoms with Crippen molar-refractivity contribution in [3.05, 3.63) is 27.3 Å². The van der Waals surface area contributed by atoms with Crippen molar-refractivity contribution in [3.8, 4) is 12.3 Å². The molecule has 6 heteroatoms. The summed E-state index contributed by atoms with van der Waals surface area (Å²) in [5, 5.41) is 3.94. The molecule has 0 aliphatic rings. The van der Waals surface area contributed by atoms with Gasteiger partial charge in [-0.05, 0) is 12.1 Å². The lowest BCUT2D eigenvalue weighted by atomic mass is 10.3. The van der Waals surface area contributed by atoms with E-state index < -0.39 is 0 Å². The van der Waals surface area contributed by atoms with Crippen molar-refractivity contribution in [2.24, 2.45) is 0 Å². The molecule has 2 aromatic rings. The predicted molar refractivity (Wildman–Crippen MR) is 71.9 cm³/mol. The predicted octanol–water partition coefficient (Wildman–Crippen LogP) is 3.64. The highest BCUT2D eigenvalue weighted by atomic mass is 35.5. The van der Waals surface area contributed by atoms with Crippen molar-refractivity contribution in [3.63, 3.8) is 0 Å². The first-order valence-electron chi connectivity index (χ1n) is 4.61. The van der Waals surface area contributed by atoms with Gasteiger partial charge in [0.05, 0.1) is 27.6 Å². The average Bonchev–Trinajstić information content (AvgIpc) is 2.29. The van der Waals surface area contributed by atoms with Crippen LogP contribution in [-0.2, 0) is 0 Å². The van der Waals surface area contributed by atoms with Gasteiger partial charge in [0, 0.05) is 0 Å². The second kappa shape index (κ2) is 4.97. The van der Waals surface area contributed by atoms with E-state index in [1.165, 1.54) is 0 Å². The lowest BCUT2D eigenvalue weighted by Gasteiger charge is -2.06. The Hall–Kier alpha value is -1.21. The summed E-state index contributed by atoms with van der Waals surface area (Å²) in [4.78, 5) is 8.43. The summed E-state index contributed by atoms with van der Waals surface area (Å²) in [7, 11) is 0. The molecule has 0 atom stereocenters. The zero-order chi connectivity index (χ0) is 12.4. The number of nitrogens with zero attached hydrogens (tertiary/aromatic N) is 2. The van der Waals surface area contributed by atoms with Gasteiger partial charge in [-0.1, -0.05) is 40.7 Å². The molecule has 0 bridgehead atoms. The molecule has 1 aromatic carbocycles. The first-order valence-corrected chi connectivity index (χ1v) is 5.75. The van der Waals surface area contributed by atoms with E-state index in [2.05, 4.69) is 21.2 Å². The maximum absolute atomic E-state index is 5.95. The molecule has 0 spiro atoms. The van der Waals surface area contributed by atoms with Crippen molar-refractivity contribution < 1.29 is 0 Å². The van der Waals surface area contributed by atoms with Gasteiger partial charge in [0.1, 0.15) is 0 Å². The molecule has 0 saturated carbocycles. The molecule has 0 aliphatic heterocycles. The van der Waals surface area contributed by atoms with Crippen LogP contribution < -0.4 is 5.32 Å². The fourth-order valence-electron chi connectivity index (χ4n) is 1.28. The summed E-state index contributed by atoms with van der Waals surface area (Å²) in [5.41, 5.74) is 1.18. The first kappa shape index (κ1) is 12.3. The Balaban J connectivity index is 2.56. The Bertz CT molecular complexity index is 619. The van der Waals surface area contributed by atoms with E-state index in [0.29, 0.717) is 33.4 Å². The van der Waals surface area contributed by atoms with Crippen molar-refractivity contribution in [1.82, 2.24) is 9.97 Å². The molecule has 0 radical (unpaired) electrons. The Morgan fingerprint density at radius 2 is 1.71 bits per heavy atom. The highest BCUT2D eigenvalue weighted by molar-refractivity contribution is 6.42. The van der Waals surface area contributed by atoms with E-state index in [-0.39, 0.29) is 5.15 Å². The minimum Gasteiger partial charge on any atom is -0.357 e. The van der Waals surface area contributed by atoms with E-state index in [1.807, 2.05) is 0 Å². The van der Waals surface area contributed by atoms with Crippen LogP contribution in [0, 0.1) is 12.3 Å². The van der Waals surface area contributed by atoms with Crippen molar-refractivity contribution >= 4 is 51.7 Å². The molecule has 0 saturated heterocycles. The number of halogens is 3. The third-order valence-electron chi connectivity index (χ3n) is 2.02. The second-order valence-electron chi connectivity index (χ2n) is 3.18. The molecule has 1 N–H and O–H groups in total. The Labute approximate surface area is 113 Å². The number of fused-ring (bicyclic) bond motifs is 1. The van der Waals surface area contributed by atoms with Gasteiger partial charge < -0.3 is 5.32 Å². The lowest BCUT2D eigenvalue weighted by Crippen LogP contribution is -2.03. The van der Waals surface area contributed by atoms with Crippen LogP contribution in [0.15, 0.2) is 12.1 Å². The zero-order valence-corrected chi connectivity index (χ0v) is 10.7. The Morgan fingerprint density at radius 1 is 1.12 bits per heavy atom. The average molecular weight is 287 g/mol.